The molecule has 0 saturated heterocycles. The largest absolute Gasteiger partial charge is 0.393 e. The average molecular weight is 162 g/mol. The lowest BCUT2D eigenvalue weighted by Crippen LogP contribution is -2.43. The molecule has 0 aliphatic carbocycles. The molecule has 0 aliphatic heterocycles. The third-order valence-corrected chi connectivity index (χ3v) is 1.73. The van der Waals surface area contributed by atoms with Crippen molar-refractivity contribution < 1.29 is 15.3 Å². The van der Waals surface area contributed by atoms with E-state index in [1.54, 1.807) is 0 Å². The fraction of sp³-hybridized carbons (Fsp3) is 1.00. The van der Waals surface area contributed by atoms with Gasteiger partial charge in [-0.1, -0.05) is 13.8 Å². The van der Waals surface area contributed by atoms with Gasteiger partial charge in [0.15, 0.2) is 0 Å². The maximum atomic E-state index is 9.34. The van der Waals surface area contributed by atoms with Crippen LogP contribution in [0.1, 0.15) is 27.2 Å². The summed E-state index contributed by atoms with van der Waals surface area (Å²) >= 11 is 0. The third kappa shape index (κ3) is 3.70. The van der Waals surface area contributed by atoms with E-state index in [9.17, 15) is 10.2 Å². The molecule has 0 aromatic heterocycles. The predicted molar refractivity (Wildman–Crippen MR) is 43.2 cm³/mol. The molecule has 2 atom stereocenters. The smallest absolute Gasteiger partial charge is 0.111 e. The van der Waals surface area contributed by atoms with E-state index in [0.29, 0.717) is 12.3 Å². The first kappa shape index (κ1) is 10.9. The molecule has 0 rings (SSSR count). The van der Waals surface area contributed by atoms with E-state index in [1.165, 1.54) is 6.92 Å². The van der Waals surface area contributed by atoms with Crippen LogP contribution in [0.3, 0.4) is 0 Å². The summed E-state index contributed by atoms with van der Waals surface area (Å²) < 4.78 is 0. The lowest BCUT2D eigenvalue weighted by atomic mass is 9.93. The Bertz CT molecular complexity index is 110. The van der Waals surface area contributed by atoms with Gasteiger partial charge in [-0.25, -0.2) is 0 Å². The van der Waals surface area contributed by atoms with E-state index >= 15 is 0 Å². The molecule has 0 fully saturated rings. The SMILES string of the molecule is CC(C)CC(O)C(C)(O)CO. The Morgan fingerprint density at radius 3 is 2.09 bits per heavy atom. The van der Waals surface area contributed by atoms with Gasteiger partial charge in [0.05, 0.1) is 12.7 Å². The highest BCUT2D eigenvalue weighted by Gasteiger charge is 2.29. The summed E-state index contributed by atoms with van der Waals surface area (Å²) in [6.45, 7) is 4.94. The van der Waals surface area contributed by atoms with Gasteiger partial charge in [0.2, 0.25) is 0 Å². The lowest BCUT2D eigenvalue weighted by molar-refractivity contribution is -0.0982. The fourth-order valence-corrected chi connectivity index (χ4v) is 0.806. The van der Waals surface area contributed by atoms with Crippen molar-refractivity contribution in [2.45, 2.75) is 38.9 Å². The van der Waals surface area contributed by atoms with Crippen LogP contribution in [0.4, 0.5) is 0 Å². The molecule has 3 N–H and O–H groups in total. The second-order valence-corrected chi connectivity index (χ2v) is 3.66. The summed E-state index contributed by atoms with van der Waals surface area (Å²) in [6, 6.07) is 0. The zero-order valence-corrected chi connectivity index (χ0v) is 7.41. The van der Waals surface area contributed by atoms with Crippen molar-refractivity contribution in [3.05, 3.63) is 0 Å². The molecule has 0 amide bonds. The van der Waals surface area contributed by atoms with Crippen molar-refractivity contribution in [2.75, 3.05) is 6.61 Å². The van der Waals surface area contributed by atoms with E-state index in [2.05, 4.69) is 0 Å². The van der Waals surface area contributed by atoms with Crippen LogP contribution in [0, 0.1) is 5.92 Å². The molecule has 0 bridgehead atoms. The van der Waals surface area contributed by atoms with E-state index in [4.69, 9.17) is 5.11 Å². The summed E-state index contributed by atoms with van der Waals surface area (Å²) in [5, 5.41) is 27.3. The van der Waals surface area contributed by atoms with Gasteiger partial charge < -0.3 is 15.3 Å². The second kappa shape index (κ2) is 4.04. The first-order valence-corrected chi connectivity index (χ1v) is 3.91. The highest BCUT2D eigenvalue weighted by Crippen LogP contribution is 2.16. The monoisotopic (exact) mass is 162 g/mol. The highest BCUT2D eigenvalue weighted by atomic mass is 16.4. The fourth-order valence-electron chi connectivity index (χ4n) is 0.806. The molecule has 3 heteroatoms. The summed E-state index contributed by atoms with van der Waals surface area (Å²) in [5.74, 6) is 0.322. The van der Waals surface area contributed by atoms with Crippen molar-refractivity contribution in [3.63, 3.8) is 0 Å². The minimum atomic E-state index is -1.36. The summed E-state index contributed by atoms with van der Waals surface area (Å²) in [4.78, 5) is 0. The van der Waals surface area contributed by atoms with Crippen LogP contribution >= 0.6 is 0 Å². The molecule has 68 valence electrons. The number of hydrogen-bond acceptors (Lipinski definition) is 3. The number of hydrogen-bond donors (Lipinski definition) is 3. The average Bonchev–Trinajstić information content (AvgIpc) is 1.86. The quantitative estimate of drug-likeness (QED) is 0.551. The Hall–Kier alpha value is -0.120. The number of rotatable bonds is 4. The molecule has 0 aliphatic rings. The van der Waals surface area contributed by atoms with Crippen LogP contribution in [0.25, 0.3) is 0 Å². The Morgan fingerprint density at radius 2 is 1.82 bits per heavy atom. The molecule has 0 saturated carbocycles. The summed E-state index contributed by atoms with van der Waals surface area (Å²) in [7, 11) is 0. The van der Waals surface area contributed by atoms with Crippen molar-refractivity contribution in [3.8, 4) is 0 Å². The van der Waals surface area contributed by atoms with Crippen LogP contribution in [-0.2, 0) is 0 Å². The first-order valence-electron chi connectivity index (χ1n) is 3.91. The minimum absolute atomic E-state index is 0.322. The van der Waals surface area contributed by atoms with Gasteiger partial charge in [-0.2, -0.15) is 0 Å². The van der Waals surface area contributed by atoms with Crippen molar-refractivity contribution in [1.29, 1.82) is 0 Å². The van der Waals surface area contributed by atoms with Gasteiger partial charge in [0.25, 0.3) is 0 Å². The van der Waals surface area contributed by atoms with Crippen LogP contribution in [-0.4, -0.2) is 33.6 Å². The first-order chi connectivity index (χ1) is 4.90. The van der Waals surface area contributed by atoms with Gasteiger partial charge in [-0.05, 0) is 19.3 Å². The molecule has 3 nitrogen and oxygen atoms in total. The van der Waals surface area contributed by atoms with Crippen molar-refractivity contribution >= 4 is 0 Å². The van der Waals surface area contributed by atoms with Gasteiger partial charge in [-0.3, -0.25) is 0 Å². The number of aliphatic hydroxyl groups excluding tert-OH is 2. The summed E-state index contributed by atoms with van der Waals surface area (Å²) in [6.07, 6.45) is -0.333. The Balaban J connectivity index is 3.90. The van der Waals surface area contributed by atoms with Crippen molar-refractivity contribution in [1.82, 2.24) is 0 Å². The maximum absolute atomic E-state index is 9.34. The Morgan fingerprint density at radius 1 is 1.36 bits per heavy atom. The zero-order chi connectivity index (χ0) is 9.07. The molecule has 0 aromatic carbocycles. The normalized spacial score (nSPS) is 19.9. The van der Waals surface area contributed by atoms with E-state index < -0.39 is 18.3 Å². The standard InChI is InChI=1S/C8H18O3/c1-6(2)4-7(10)8(3,11)5-9/h6-7,9-11H,4-5H2,1-3H3. The second-order valence-electron chi connectivity index (χ2n) is 3.66. The van der Waals surface area contributed by atoms with E-state index in [1.807, 2.05) is 13.8 Å². The molecule has 0 aromatic rings. The minimum Gasteiger partial charge on any atom is -0.393 e. The van der Waals surface area contributed by atoms with Gasteiger partial charge in [0.1, 0.15) is 5.60 Å². The van der Waals surface area contributed by atoms with Gasteiger partial charge >= 0.3 is 0 Å². The predicted octanol–water partition coefficient (Wildman–Crippen LogP) is 0.137. The van der Waals surface area contributed by atoms with Gasteiger partial charge in [-0.15, -0.1) is 0 Å². The van der Waals surface area contributed by atoms with Gasteiger partial charge in [0, 0.05) is 0 Å². The Kier molecular flexibility index (Phi) is 4.00. The Labute approximate surface area is 67.7 Å². The molecule has 11 heavy (non-hydrogen) atoms. The molecule has 0 heterocycles. The van der Waals surface area contributed by atoms with E-state index in [-0.39, 0.29) is 0 Å². The molecule has 2 unspecified atom stereocenters. The van der Waals surface area contributed by atoms with Crippen LogP contribution in [0.5, 0.6) is 0 Å². The molecular weight excluding hydrogens is 144 g/mol. The summed E-state index contributed by atoms with van der Waals surface area (Å²) in [5.41, 5.74) is -1.36. The molecule has 0 spiro atoms. The number of aliphatic hydroxyl groups is 3. The third-order valence-electron chi connectivity index (χ3n) is 1.73. The van der Waals surface area contributed by atoms with Crippen LogP contribution in [0.15, 0.2) is 0 Å². The lowest BCUT2D eigenvalue weighted by Gasteiger charge is -2.27. The zero-order valence-electron chi connectivity index (χ0n) is 7.41. The molecule has 0 radical (unpaired) electrons. The molecular formula is C8H18O3. The topological polar surface area (TPSA) is 60.7 Å². The van der Waals surface area contributed by atoms with Crippen molar-refractivity contribution in [2.24, 2.45) is 5.92 Å². The highest BCUT2D eigenvalue weighted by molar-refractivity contribution is 4.81. The van der Waals surface area contributed by atoms with Crippen LogP contribution in [0.2, 0.25) is 0 Å². The van der Waals surface area contributed by atoms with Crippen LogP contribution < -0.4 is 0 Å². The van der Waals surface area contributed by atoms with E-state index in [0.717, 1.165) is 0 Å². The maximum Gasteiger partial charge on any atom is 0.111 e.